The largest absolute Gasteiger partial charge is 0.348 e. The van der Waals surface area contributed by atoms with E-state index < -0.39 is 6.04 Å². The van der Waals surface area contributed by atoms with Crippen molar-refractivity contribution in [3.8, 4) is 0 Å². The number of aromatic nitrogens is 2. The second-order valence-corrected chi connectivity index (χ2v) is 12.0. The van der Waals surface area contributed by atoms with Crippen LogP contribution < -0.4 is 16.0 Å². The van der Waals surface area contributed by atoms with Crippen molar-refractivity contribution in [1.29, 1.82) is 0 Å². The molecule has 1 heterocycles. The third-order valence-corrected chi connectivity index (χ3v) is 8.31. The van der Waals surface area contributed by atoms with E-state index in [2.05, 4.69) is 69.7 Å². The number of primary amides is 1. The molecule has 0 aliphatic carbocycles. The number of benzene rings is 3. The summed E-state index contributed by atoms with van der Waals surface area (Å²) in [5.41, 5.74) is 2.68. The third kappa shape index (κ3) is 10.8. The number of amides is 2. The number of rotatable bonds is 19. The summed E-state index contributed by atoms with van der Waals surface area (Å²) in [6, 6.07) is 21.0. The lowest BCUT2D eigenvalue weighted by Gasteiger charge is -2.21. The first-order valence-electron chi connectivity index (χ1n) is 16.8. The number of imidazole rings is 1. The Morgan fingerprint density at radius 1 is 0.935 bits per heavy atom. The summed E-state index contributed by atoms with van der Waals surface area (Å²) < 4.78 is 0. The third-order valence-electron chi connectivity index (χ3n) is 8.31. The van der Waals surface area contributed by atoms with Crippen LogP contribution in [0.4, 0.5) is 0 Å². The van der Waals surface area contributed by atoms with E-state index in [1.165, 1.54) is 25.7 Å². The van der Waals surface area contributed by atoms with Gasteiger partial charge in [-0.2, -0.15) is 0 Å². The first-order valence-corrected chi connectivity index (χ1v) is 16.8. The molecule has 8 nitrogen and oxygen atoms in total. The average molecular weight is 624 g/mol. The van der Waals surface area contributed by atoms with Crippen LogP contribution in [0.3, 0.4) is 0 Å². The highest BCUT2D eigenvalue weighted by Gasteiger charge is 2.26. The number of carbonyl (C=O) groups excluding carboxylic acids is 2. The molecule has 0 aliphatic rings. The molecule has 8 heteroatoms. The maximum atomic E-state index is 13.7. The monoisotopic (exact) mass is 623 g/mol. The van der Waals surface area contributed by atoms with Gasteiger partial charge in [-0.05, 0) is 79.4 Å². The SMILES string of the molecule is CCCCN(CC/C=C/C([NH2+]C(=O)c1ccc(CNCc2ncc[nH]2)cc1)C(=O)N[C@@H](C)c1cccc2ccccc12)CCCC. The molecule has 46 heavy (non-hydrogen) atoms. The molecule has 0 saturated heterocycles. The van der Waals surface area contributed by atoms with Gasteiger partial charge in [-0.1, -0.05) is 87.4 Å². The average Bonchev–Trinajstić information content (AvgIpc) is 3.60. The fourth-order valence-corrected chi connectivity index (χ4v) is 5.60. The highest BCUT2D eigenvalue weighted by atomic mass is 16.2. The fraction of sp³-hybridized carbons (Fsp3) is 0.395. The predicted octanol–water partition coefficient (Wildman–Crippen LogP) is 5.65. The summed E-state index contributed by atoms with van der Waals surface area (Å²) in [4.78, 5) is 37.0. The van der Waals surface area contributed by atoms with Crippen LogP contribution >= 0.6 is 0 Å². The molecular weight excluding hydrogens is 572 g/mol. The Kier molecular flexibility index (Phi) is 14.2. The smallest absolute Gasteiger partial charge is 0.343 e. The van der Waals surface area contributed by atoms with Gasteiger partial charge in [0, 0.05) is 25.5 Å². The zero-order valence-electron chi connectivity index (χ0n) is 27.7. The number of hydrogen-bond acceptors (Lipinski definition) is 5. The van der Waals surface area contributed by atoms with E-state index in [-0.39, 0.29) is 17.9 Å². The number of fused-ring (bicyclic) bond motifs is 1. The second kappa shape index (κ2) is 18.8. The van der Waals surface area contributed by atoms with Crippen LogP contribution in [0, 0.1) is 0 Å². The summed E-state index contributed by atoms with van der Waals surface area (Å²) in [6.45, 7) is 10.9. The highest BCUT2D eigenvalue weighted by molar-refractivity contribution is 5.90. The summed E-state index contributed by atoms with van der Waals surface area (Å²) in [6.07, 6.45) is 13.1. The second-order valence-electron chi connectivity index (χ2n) is 12.0. The van der Waals surface area contributed by atoms with Gasteiger partial charge in [-0.3, -0.25) is 10.1 Å². The van der Waals surface area contributed by atoms with Gasteiger partial charge < -0.3 is 20.5 Å². The van der Waals surface area contributed by atoms with E-state index in [0.717, 1.165) is 53.8 Å². The summed E-state index contributed by atoms with van der Waals surface area (Å²) >= 11 is 0. The molecule has 244 valence electrons. The van der Waals surface area contributed by atoms with E-state index in [1.807, 2.05) is 55.5 Å². The Hall–Kier alpha value is -4.11. The van der Waals surface area contributed by atoms with Gasteiger partial charge in [0.1, 0.15) is 5.82 Å². The van der Waals surface area contributed by atoms with E-state index >= 15 is 0 Å². The van der Waals surface area contributed by atoms with E-state index in [4.69, 9.17) is 0 Å². The van der Waals surface area contributed by atoms with Gasteiger partial charge in [-0.25, -0.2) is 9.78 Å². The summed E-state index contributed by atoms with van der Waals surface area (Å²) in [5.74, 6) is 0.533. The van der Waals surface area contributed by atoms with Crippen LogP contribution in [0.25, 0.3) is 10.8 Å². The highest BCUT2D eigenvalue weighted by Crippen LogP contribution is 2.24. The molecule has 2 atom stereocenters. The van der Waals surface area contributed by atoms with Crippen LogP contribution in [0.2, 0.25) is 0 Å². The molecule has 3 aromatic carbocycles. The summed E-state index contributed by atoms with van der Waals surface area (Å²) in [7, 11) is 0. The molecule has 0 radical (unpaired) electrons. The molecule has 5 N–H and O–H groups in total. The minimum Gasteiger partial charge on any atom is -0.348 e. The Balaban J connectivity index is 1.42. The van der Waals surface area contributed by atoms with Crippen LogP contribution in [-0.2, 0) is 17.9 Å². The van der Waals surface area contributed by atoms with Crippen molar-refractivity contribution in [1.82, 2.24) is 25.5 Å². The number of nitrogens with one attached hydrogen (secondary N) is 3. The Labute approximate surface area is 274 Å². The van der Waals surface area contributed by atoms with Gasteiger partial charge in [0.25, 0.3) is 5.91 Å². The minimum atomic E-state index is -0.681. The molecule has 4 rings (SSSR count). The van der Waals surface area contributed by atoms with E-state index in [1.54, 1.807) is 17.7 Å². The number of quaternary nitrogens is 1. The Bertz CT molecular complexity index is 1500. The molecular formula is C38H51N6O2+. The van der Waals surface area contributed by atoms with Crippen molar-refractivity contribution in [2.45, 2.75) is 78.0 Å². The number of unbranched alkanes of at least 4 members (excludes halogenated alkanes) is 2. The number of nitrogens with two attached hydrogens (primary N) is 1. The zero-order valence-corrected chi connectivity index (χ0v) is 27.7. The van der Waals surface area contributed by atoms with Gasteiger partial charge in [-0.15, -0.1) is 0 Å². The van der Waals surface area contributed by atoms with Crippen LogP contribution in [0.5, 0.6) is 0 Å². The lowest BCUT2D eigenvalue weighted by molar-refractivity contribution is -0.569. The molecule has 0 spiro atoms. The van der Waals surface area contributed by atoms with Crippen molar-refractivity contribution < 1.29 is 14.9 Å². The molecule has 0 fully saturated rings. The van der Waals surface area contributed by atoms with Crippen molar-refractivity contribution in [2.24, 2.45) is 0 Å². The van der Waals surface area contributed by atoms with Crippen molar-refractivity contribution in [2.75, 3.05) is 19.6 Å². The van der Waals surface area contributed by atoms with E-state index in [0.29, 0.717) is 18.7 Å². The van der Waals surface area contributed by atoms with Crippen molar-refractivity contribution in [3.05, 3.63) is 114 Å². The van der Waals surface area contributed by atoms with Crippen molar-refractivity contribution >= 4 is 22.6 Å². The van der Waals surface area contributed by atoms with Crippen LogP contribution in [0.15, 0.2) is 91.3 Å². The number of aromatic amines is 1. The summed E-state index contributed by atoms with van der Waals surface area (Å²) in [5, 5.41) is 10.3. The predicted molar refractivity (Wildman–Crippen MR) is 186 cm³/mol. The first kappa shape index (κ1) is 34.8. The molecule has 1 aromatic heterocycles. The lowest BCUT2D eigenvalue weighted by atomic mass is 9.99. The normalized spacial score (nSPS) is 13.0. The number of carbonyl (C=O) groups is 2. The zero-order chi connectivity index (χ0) is 32.6. The maximum absolute atomic E-state index is 13.7. The molecule has 4 aromatic rings. The standard InChI is InChI=1S/C38H50N6O2/c1-4-6-24-44(25-7-5-2)26-11-10-17-35(38(46)42-29(3)33-16-12-14-31-13-8-9-15-34(31)33)43-37(45)32-20-18-30(19-21-32)27-39-28-36-40-22-23-41-36/h8-10,12-23,29,35,39H,4-7,11,24-28H2,1-3H3,(H,40,41)(H,42,46)(H,43,45)/p+1/b17-10+/t29-,35?/m0/s1. The number of hydrogen-bond donors (Lipinski definition) is 4. The van der Waals surface area contributed by atoms with Gasteiger partial charge in [0.15, 0.2) is 6.04 Å². The molecule has 1 unspecified atom stereocenters. The van der Waals surface area contributed by atoms with Crippen LogP contribution in [-0.4, -0.2) is 52.4 Å². The lowest BCUT2D eigenvalue weighted by Crippen LogP contribution is -2.95. The maximum Gasteiger partial charge on any atom is 0.343 e. The van der Waals surface area contributed by atoms with Gasteiger partial charge in [0.2, 0.25) is 0 Å². The van der Waals surface area contributed by atoms with Crippen LogP contribution in [0.1, 0.15) is 86.2 Å². The van der Waals surface area contributed by atoms with Gasteiger partial charge in [0.05, 0.1) is 18.2 Å². The quantitative estimate of drug-likeness (QED) is 0.101. The molecule has 0 saturated carbocycles. The number of nitrogens with zero attached hydrogens (tertiary/aromatic N) is 2. The molecule has 2 amide bonds. The Morgan fingerprint density at radius 3 is 2.39 bits per heavy atom. The van der Waals surface area contributed by atoms with Crippen molar-refractivity contribution in [3.63, 3.8) is 0 Å². The topological polar surface area (TPSA) is 107 Å². The Morgan fingerprint density at radius 2 is 1.67 bits per heavy atom. The fourth-order valence-electron chi connectivity index (χ4n) is 5.60. The molecule has 0 aliphatic heterocycles. The van der Waals surface area contributed by atoms with Gasteiger partial charge >= 0.3 is 5.91 Å². The molecule has 0 bridgehead atoms. The van der Waals surface area contributed by atoms with E-state index in [9.17, 15) is 9.59 Å². The number of H-pyrrole nitrogens is 1. The first-order chi connectivity index (χ1) is 22.5. The minimum absolute atomic E-state index is 0.162.